The van der Waals surface area contributed by atoms with Gasteiger partial charge >= 0.3 is 0 Å². The third kappa shape index (κ3) is 5.46. The molecule has 0 aromatic heterocycles. The molecule has 1 amide bonds. The number of anilines is 2. The first kappa shape index (κ1) is 25.1. The van der Waals surface area contributed by atoms with Crippen LogP contribution in [0.2, 0.25) is 5.02 Å². The first-order valence-corrected chi connectivity index (χ1v) is 13.4. The number of hydrogen-bond donors (Lipinski definition) is 0. The van der Waals surface area contributed by atoms with Crippen molar-refractivity contribution in [3.63, 3.8) is 0 Å². The fraction of sp³-hybridized carbons (Fsp3) is 0.296. The maximum atomic E-state index is 13.7. The largest absolute Gasteiger partial charge is 0.368 e. The van der Waals surface area contributed by atoms with E-state index in [1.807, 2.05) is 57.2 Å². The molecule has 1 saturated heterocycles. The third-order valence-corrected chi connectivity index (χ3v) is 8.55. The fourth-order valence-corrected chi connectivity index (χ4v) is 5.91. The number of sulfonamides is 1. The van der Waals surface area contributed by atoms with Gasteiger partial charge in [-0.25, -0.2) is 8.42 Å². The zero-order chi connectivity index (χ0) is 25.2. The monoisotopic (exact) mass is 511 g/mol. The van der Waals surface area contributed by atoms with Crippen molar-refractivity contribution in [3.8, 4) is 0 Å². The Morgan fingerprint density at radius 2 is 1.57 bits per heavy atom. The molecular formula is C27H30ClN3O3S. The van der Waals surface area contributed by atoms with Gasteiger partial charge in [-0.3, -0.25) is 9.10 Å². The van der Waals surface area contributed by atoms with Gasteiger partial charge in [0.05, 0.1) is 10.6 Å². The molecule has 1 aliphatic rings. The van der Waals surface area contributed by atoms with Crippen LogP contribution in [0.5, 0.6) is 0 Å². The number of halogens is 1. The number of rotatable bonds is 6. The molecule has 0 aliphatic carbocycles. The first-order chi connectivity index (χ1) is 16.7. The quantitative estimate of drug-likeness (QED) is 0.476. The summed E-state index contributed by atoms with van der Waals surface area (Å²) < 4.78 is 28.7. The molecule has 1 aliphatic heterocycles. The molecule has 0 atom stereocenters. The van der Waals surface area contributed by atoms with Gasteiger partial charge in [0.15, 0.2) is 0 Å². The Balaban J connectivity index is 1.57. The lowest BCUT2D eigenvalue weighted by molar-refractivity contribution is -0.129. The number of aryl methyl sites for hydroxylation is 2. The predicted octanol–water partition coefficient (Wildman–Crippen LogP) is 4.81. The molecule has 6 nitrogen and oxygen atoms in total. The number of amides is 1. The minimum atomic E-state index is -3.94. The number of carbonyl (C=O) groups excluding carboxylic acids is 1. The SMILES string of the molecule is Cc1ccc(S(=O)(=O)N(CC(=O)N2CCN(c3cccc(Cl)c3)CC2)c2cccc(C)c2C)cc1. The molecular weight excluding hydrogens is 482 g/mol. The molecule has 3 aromatic rings. The molecule has 0 bridgehead atoms. The number of carbonyl (C=O) groups is 1. The molecule has 35 heavy (non-hydrogen) atoms. The van der Waals surface area contributed by atoms with Crippen molar-refractivity contribution in [1.29, 1.82) is 0 Å². The zero-order valence-corrected chi connectivity index (χ0v) is 21.8. The minimum Gasteiger partial charge on any atom is -0.368 e. The smallest absolute Gasteiger partial charge is 0.264 e. The maximum absolute atomic E-state index is 13.7. The van der Waals surface area contributed by atoms with E-state index >= 15 is 0 Å². The van der Waals surface area contributed by atoms with Gasteiger partial charge in [-0.05, 0) is 68.3 Å². The highest BCUT2D eigenvalue weighted by atomic mass is 35.5. The Morgan fingerprint density at radius 3 is 2.23 bits per heavy atom. The highest BCUT2D eigenvalue weighted by molar-refractivity contribution is 7.92. The van der Waals surface area contributed by atoms with Crippen LogP contribution in [0, 0.1) is 20.8 Å². The van der Waals surface area contributed by atoms with Gasteiger partial charge in [-0.15, -0.1) is 0 Å². The van der Waals surface area contributed by atoms with E-state index in [2.05, 4.69) is 4.90 Å². The van der Waals surface area contributed by atoms with Crippen LogP contribution in [0.3, 0.4) is 0 Å². The molecule has 0 N–H and O–H groups in total. The van der Waals surface area contributed by atoms with E-state index in [1.54, 1.807) is 35.2 Å². The van der Waals surface area contributed by atoms with Gasteiger partial charge in [0, 0.05) is 36.9 Å². The number of hydrogen-bond acceptors (Lipinski definition) is 4. The topological polar surface area (TPSA) is 60.9 Å². The van der Waals surface area contributed by atoms with Crippen LogP contribution in [-0.4, -0.2) is 51.9 Å². The fourth-order valence-electron chi connectivity index (χ4n) is 4.25. The van der Waals surface area contributed by atoms with Crippen LogP contribution in [0.4, 0.5) is 11.4 Å². The molecule has 0 radical (unpaired) electrons. The molecule has 1 heterocycles. The summed E-state index contributed by atoms with van der Waals surface area (Å²) in [6.45, 7) is 7.81. The molecule has 4 rings (SSSR count). The van der Waals surface area contributed by atoms with Crippen molar-refractivity contribution in [2.75, 3.05) is 41.9 Å². The summed E-state index contributed by atoms with van der Waals surface area (Å²) in [7, 11) is -3.94. The maximum Gasteiger partial charge on any atom is 0.264 e. The highest BCUT2D eigenvalue weighted by Gasteiger charge is 2.31. The second kappa shape index (κ2) is 10.3. The summed E-state index contributed by atoms with van der Waals surface area (Å²) >= 11 is 6.13. The average molecular weight is 512 g/mol. The Labute approximate surface area is 212 Å². The van der Waals surface area contributed by atoms with Crippen LogP contribution < -0.4 is 9.21 Å². The van der Waals surface area contributed by atoms with Crippen LogP contribution in [-0.2, 0) is 14.8 Å². The minimum absolute atomic E-state index is 0.169. The Bertz CT molecular complexity index is 1320. The van der Waals surface area contributed by atoms with E-state index in [9.17, 15) is 13.2 Å². The van der Waals surface area contributed by atoms with Gasteiger partial charge in [-0.1, -0.05) is 47.5 Å². The molecule has 184 valence electrons. The third-order valence-electron chi connectivity index (χ3n) is 6.54. The summed E-state index contributed by atoms with van der Waals surface area (Å²) in [6, 6.07) is 19.9. The van der Waals surface area contributed by atoms with E-state index in [0.717, 1.165) is 22.4 Å². The van der Waals surface area contributed by atoms with Crippen molar-refractivity contribution in [2.45, 2.75) is 25.7 Å². The molecule has 1 fully saturated rings. The normalized spacial score (nSPS) is 14.2. The van der Waals surface area contributed by atoms with Crippen molar-refractivity contribution >= 4 is 38.9 Å². The van der Waals surface area contributed by atoms with E-state index in [-0.39, 0.29) is 17.3 Å². The van der Waals surface area contributed by atoms with Crippen LogP contribution >= 0.6 is 11.6 Å². The first-order valence-electron chi connectivity index (χ1n) is 11.6. The van der Waals surface area contributed by atoms with Gasteiger partial charge in [0.2, 0.25) is 5.91 Å². The van der Waals surface area contributed by atoms with Crippen molar-refractivity contribution in [2.24, 2.45) is 0 Å². The Hall–Kier alpha value is -3.03. The Morgan fingerprint density at radius 1 is 0.914 bits per heavy atom. The standard InChI is InChI=1S/C27H30ClN3O3S/c1-20-10-12-25(13-11-20)35(33,34)31(26-9-4-6-21(2)22(26)3)19-27(32)30-16-14-29(15-17-30)24-8-5-7-23(28)18-24/h4-13,18H,14-17,19H2,1-3H3. The van der Waals surface area contributed by atoms with E-state index in [4.69, 9.17) is 11.6 Å². The van der Waals surface area contributed by atoms with Gasteiger partial charge in [0.25, 0.3) is 10.0 Å². The van der Waals surface area contributed by atoms with E-state index in [0.29, 0.717) is 36.9 Å². The number of benzene rings is 3. The van der Waals surface area contributed by atoms with Gasteiger partial charge < -0.3 is 9.80 Å². The summed E-state index contributed by atoms with van der Waals surface area (Å²) in [5.41, 5.74) is 4.31. The van der Waals surface area contributed by atoms with Crippen LogP contribution in [0.15, 0.2) is 71.6 Å². The summed E-state index contributed by atoms with van der Waals surface area (Å²) in [4.78, 5) is 17.5. The van der Waals surface area contributed by atoms with E-state index in [1.165, 1.54) is 4.31 Å². The lowest BCUT2D eigenvalue weighted by atomic mass is 10.1. The van der Waals surface area contributed by atoms with E-state index < -0.39 is 10.0 Å². The van der Waals surface area contributed by atoms with Crippen molar-refractivity contribution in [1.82, 2.24) is 4.90 Å². The lowest BCUT2D eigenvalue weighted by Crippen LogP contribution is -2.52. The summed E-state index contributed by atoms with van der Waals surface area (Å²) in [5.74, 6) is -0.215. The van der Waals surface area contributed by atoms with Crippen LogP contribution in [0.25, 0.3) is 0 Å². The molecule has 0 saturated carbocycles. The average Bonchev–Trinajstić information content (AvgIpc) is 2.84. The second-order valence-electron chi connectivity index (χ2n) is 8.89. The summed E-state index contributed by atoms with van der Waals surface area (Å²) in [5, 5.41) is 0.673. The van der Waals surface area contributed by atoms with Crippen LogP contribution in [0.1, 0.15) is 16.7 Å². The zero-order valence-electron chi connectivity index (χ0n) is 20.2. The van der Waals surface area contributed by atoms with Gasteiger partial charge in [-0.2, -0.15) is 0 Å². The highest BCUT2D eigenvalue weighted by Crippen LogP contribution is 2.29. The van der Waals surface area contributed by atoms with Crippen molar-refractivity contribution < 1.29 is 13.2 Å². The predicted molar refractivity (Wildman–Crippen MR) is 142 cm³/mol. The molecule has 0 spiro atoms. The lowest BCUT2D eigenvalue weighted by Gasteiger charge is -2.37. The molecule has 0 unspecified atom stereocenters. The number of piperazine rings is 1. The Kier molecular flexibility index (Phi) is 7.38. The molecule has 3 aromatic carbocycles. The van der Waals surface area contributed by atoms with Crippen molar-refractivity contribution in [3.05, 3.63) is 88.4 Å². The summed E-state index contributed by atoms with van der Waals surface area (Å²) in [6.07, 6.45) is 0. The van der Waals surface area contributed by atoms with Gasteiger partial charge in [0.1, 0.15) is 6.54 Å². The molecule has 8 heteroatoms. The second-order valence-corrected chi connectivity index (χ2v) is 11.2. The number of nitrogens with zero attached hydrogens (tertiary/aromatic N) is 3.